The molecular weight excluding hydrogens is 677 g/mol. The van der Waals surface area contributed by atoms with E-state index in [0.717, 1.165) is 33.9 Å². The summed E-state index contributed by atoms with van der Waals surface area (Å²) in [6.45, 7) is 0. The van der Waals surface area contributed by atoms with Crippen molar-refractivity contribution in [3.8, 4) is 50.2 Å². The minimum atomic E-state index is 1.08. The highest BCUT2D eigenvalue weighted by Crippen LogP contribution is 2.45. The molecule has 0 bridgehead atoms. The lowest BCUT2D eigenvalue weighted by atomic mass is 9.95. The molecule has 10 rings (SSSR count). The average Bonchev–Trinajstić information content (AvgIpc) is 3.63. The molecule has 0 saturated carbocycles. The van der Waals surface area contributed by atoms with E-state index in [4.69, 9.17) is 0 Å². The molecule has 264 valence electrons. The van der Waals surface area contributed by atoms with E-state index in [9.17, 15) is 0 Å². The molecule has 1 heterocycles. The molecule has 0 spiro atoms. The topological polar surface area (TPSA) is 8.17 Å². The van der Waals surface area contributed by atoms with Gasteiger partial charge in [-0.1, -0.05) is 170 Å². The number of aromatic nitrogens is 1. The van der Waals surface area contributed by atoms with Gasteiger partial charge in [0.25, 0.3) is 0 Å². The molecule has 0 fully saturated rings. The molecule has 1 aromatic heterocycles. The second kappa shape index (κ2) is 14.4. The summed E-state index contributed by atoms with van der Waals surface area (Å²) in [6.07, 6.45) is 0. The van der Waals surface area contributed by atoms with Crippen LogP contribution in [0.1, 0.15) is 0 Å². The number of anilines is 3. The lowest BCUT2D eigenvalue weighted by Gasteiger charge is -2.29. The Kier molecular flexibility index (Phi) is 8.55. The Morgan fingerprint density at radius 1 is 0.304 bits per heavy atom. The fourth-order valence-electron chi connectivity index (χ4n) is 8.22. The van der Waals surface area contributed by atoms with Gasteiger partial charge >= 0.3 is 0 Å². The van der Waals surface area contributed by atoms with Crippen LogP contribution in [0.5, 0.6) is 0 Å². The van der Waals surface area contributed by atoms with E-state index >= 15 is 0 Å². The van der Waals surface area contributed by atoms with Gasteiger partial charge in [-0.3, -0.25) is 0 Å². The zero-order chi connectivity index (χ0) is 37.3. The monoisotopic (exact) mass is 714 g/mol. The number of fused-ring (bicyclic) bond motifs is 3. The lowest BCUT2D eigenvalue weighted by molar-refractivity contribution is 1.18. The molecular formula is C54H38N2. The van der Waals surface area contributed by atoms with Crippen molar-refractivity contribution in [1.29, 1.82) is 0 Å². The van der Waals surface area contributed by atoms with Crippen molar-refractivity contribution < 1.29 is 0 Å². The first-order valence-electron chi connectivity index (χ1n) is 19.2. The van der Waals surface area contributed by atoms with Crippen molar-refractivity contribution in [2.24, 2.45) is 0 Å². The molecule has 0 atom stereocenters. The first-order valence-corrected chi connectivity index (χ1v) is 19.2. The van der Waals surface area contributed by atoms with Crippen molar-refractivity contribution in [3.63, 3.8) is 0 Å². The molecule has 9 aromatic carbocycles. The second-order valence-corrected chi connectivity index (χ2v) is 14.2. The van der Waals surface area contributed by atoms with Gasteiger partial charge in [-0.05, 0) is 99.6 Å². The molecule has 2 nitrogen and oxygen atoms in total. The van der Waals surface area contributed by atoms with Crippen molar-refractivity contribution in [3.05, 3.63) is 231 Å². The van der Waals surface area contributed by atoms with Crippen molar-refractivity contribution in [1.82, 2.24) is 4.57 Å². The van der Waals surface area contributed by atoms with E-state index in [2.05, 4.69) is 240 Å². The zero-order valence-corrected chi connectivity index (χ0v) is 30.8. The standard InChI is InChI=1S/C54H38N2/c1-5-19-39(20-6-1)43-35-44(40-21-7-2-8-22-40)38-47(37-43)55(51-32-15-13-29-48(51)41-23-9-3-10-24-41)46-28-17-25-42(36-46)49-31-18-34-53-54(49)50-30-14-16-33-52(50)56(53)45-26-11-4-12-27-45/h1-38H. The number of nitrogens with zero attached hydrogens (tertiary/aromatic N) is 2. The highest BCUT2D eigenvalue weighted by molar-refractivity contribution is 6.16. The third kappa shape index (κ3) is 6.04. The molecule has 0 unspecified atom stereocenters. The number of para-hydroxylation sites is 3. The molecule has 0 aliphatic rings. The molecule has 0 saturated heterocycles. The van der Waals surface area contributed by atoms with E-state index in [1.165, 1.54) is 55.2 Å². The Balaban J connectivity index is 1.23. The van der Waals surface area contributed by atoms with Crippen LogP contribution in [0.3, 0.4) is 0 Å². The molecule has 0 aliphatic heterocycles. The number of rotatable bonds is 8. The Morgan fingerprint density at radius 2 is 0.804 bits per heavy atom. The highest BCUT2D eigenvalue weighted by Gasteiger charge is 2.21. The summed E-state index contributed by atoms with van der Waals surface area (Å²) in [5.74, 6) is 0. The maximum Gasteiger partial charge on any atom is 0.0547 e. The van der Waals surface area contributed by atoms with Gasteiger partial charge in [-0.2, -0.15) is 0 Å². The summed E-state index contributed by atoms with van der Waals surface area (Å²) in [7, 11) is 0. The fourth-order valence-corrected chi connectivity index (χ4v) is 8.22. The van der Waals surface area contributed by atoms with Gasteiger partial charge in [-0.25, -0.2) is 0 Å². The SMILES string of the molecule is c1ccc(-c2cc(-c3ccccc3)cc(N(c3cccc(-c4cccc5c4c4ccccc4n5-c4ccccc4)c3)c3ccccc3-c3ccccc3)c2)cc1. The normalized spacial score (nSPS) is 11.2. The molecule has 2 heteroatoms. The Labute approximate surface area is 327 Å². The van der Waals surface area contributed by atoms with Gasteiger partial charge in [0.2, 0.25) is 0 Å². The molecule has 56 heavy (non-hydrogen) atoms. The van der Waals surface area contributed by atoms with Gasteiger partial charge < -0.3 is 9.47 Å². The summed E-state index contributed by atoms with van der Waals surface area (Å²) < 4.78 is 2.39. The van der Waals surface area contributed by atoms with Crippen molar-refractivity contribution in [2.75, 3.05) is 4.90 Å². The minimum Gasteiger partial charge on any atom is -0.310 e. The quantitative estimate of drug-likeness (QED) is 0.152. The van der Waals surface area contributed by atoms with Crippen LogP contribution in [0, 0.1) is 0 Å². The van der Waals surface area contributed by atoms with Gasteiger partial charge in [0.05, 0.1) is 16.7 Å². The van der Waals surface area contributed by atoms with Crippen LogP contribution in [0.4, 0.5) is 17.1 Å². The average molecular weight is 715 g/mol. The molecule has 0 N–H and O–H groups in total. The number of hydrogen-bond acceptors (Lipinski definition) is 1. The van der Waals surface area contributed by atoms with Gasteiger partial charge in [-0.15, -0.1) is 0 Å². The van der Waals surface area contributed by atoms with Crippen LogP contribution in [0.2, 0.25) is 0 Å². The first kappa shape index (κ1) is 33.2. The van der Waals surface area contributed by atoms with Crippen molar-refractivity contribution >= 4 is 38.9 Å². The van der Waals surface area contributed by atoms with E-state index in [1.807, 2.05) is 0 Å². The van der Waals surface area contributed by atoms with Gasteiger partial charge in [0, 0.05) is 33.4 Å². The second-order valence-electron chi connectivity index (χ2n) is 14.2. The largest absolute Gasteiger partial charge is 0.310 e. The first-order chi connectivity index (χ1) is 27.8. The zero-order valence-electron chi connectivity index (χ0n) is 30.8. The van der Waals surface area contributed by atoms with Crippen LogP contribution in [0.15, 0.2) is 231 Å². The summed E-state index contributed by atoms with van der Waals surface area (Å²) in [5.41, 5.74) is 16.2. The summed E-state index contributed by atoms with van der Waals surface area (Å²) in [5, 5.41) is 2.49. The molecule has 0 aliphatic carbocycles. The maximum atomic E-state index is 2.44. The summed E-state index contributed by atoms with van der Waals surface area (Å²) >= 11 is 0. The number of hydrogen-bond donors (Lipinski definition) is 0. The van der Waals surface area contributed by atoms with Crippen molar-refractivity contribution in [2.45, 2.75) is 0 Å². The Bertz CT molecular complexity index is 2890. The van der Waals surface area contributed by atoms with E-state index < -0.39 is 0 Å². The van der Waals surface area contributed by atoms with Gasteiger partial charge in [0.1, 0.15) is 0 Å². The van der Waals surface area contributed by atoms with Crippen LogP contribution >= 0.6 is 0 Å². The Hall–Kier alpha value is -7.42. The van der Waals surface area contributed by atoms with Crippen LogP contribution in [-0.4, -0.2) is 4.57 Å². The third-order valence-corrected chi connectivity index (χ3v) is 10.7. The van der Waals surface area contributed by atoms with E-state index in [0.29, 0.717) is 0 Å². The summed E-state index contributed by atoms with van der Waals surface area (Å²) in [6, 6.07) is 83.1. The van der Waals surface area contributed by atoms with Gasteiger partial charge in [0.15, 0.2) is 0 Å². The molecule has 0 radical (unpaired) electrons. The fraction of sp³-hybridized carbons (Fsp3) is 0. The summed E-state index contributed by atoms with van der Waals surface area (Å²) in [4.78, 5) is 2.44. The third-order valence-electron chi connectivity index (χ3n) is 10.7. The smallest absolute Gasteiger partial charge is 0.0547 e. The van der Waals surface area contributed by atoms with Crippen LogP contribution < -0.4 is 4.90 Å². The predicted octanol–water partition coefficient (Wildman–Crippen LogP) is 14.9. The van der Waals surface area contributed by atoms with Crippen LogP contribution in [-0.2, 0) is 0 Å². The minimum absolute atomic E-state index is 1.08. The van der Waals surface area contributed by atoms with E-state index in [-0.39, 0.29) is 0 Å². The molecule has 0 amide bonds. The maximum absolute atomic E-state index is 2.44. The van der Waals surface area contributed by atoms with E-state index in [1.54, 1.807) is 0 Å². The number of benzene rings is 9. The predicted molar refractivity (Wildman–Crippen MR) is 237 cm³/mol. The molecule has 10 aromatic rings. The Morgan fingerprint density at radius 3 is 1.50 bits per heavy atom. The highest BCUT2D eigenvalue weighted by atomic mass is 15.1. The lowest BCUT2D eigenvalue weighted by Crippen LogP contribution is -2.12. The van der Waals surface area contributed by atoms with Crippen LogP contribution in [0.25, 0.3) is 72.0 Å².